The molecule has 6 heteroatoms. The van der Waals surface area contributed by atoms with E-state index in [1.807, 2.05) is 71.8 Å². The Bertz CT molecular complexity index is 1060. The van der Waals surface area contributed by atoms with Crippen LogP contribution >= 0.6 is 0 Å². The van der Waals surface area contributed by atoms with E-state index >= 15 is 0 Å². The second kappa shape index (κ2) is 9.15. The van der Waals surface area contributed by atoms with Crippen LogP contribution in [0.5, 0.6) is 0 Å². The monoisotopic (exact) mass is 413 g/mol. The number of hydrogen-bond acceptors (Lipinski definition) is 4. The van der Waals surface area contributed by atoms with Crippen LogP contribution in [0, 0.1) is 17.2 Å². The lowest BCUT2D eigenvalue weighted by Gasteiger charge is -2.38. The van der Waals surface area contributed by atoms with E-state index < -0.39 is 0 Å². The molecule has 4 rings (SSSR count). The van der Waals surface area contributed by atoms with Crippen LogP contribution in [0.4, 0.5) is 0 Å². The Morgan fingerprint density at radius 2 is 1.58 bits per heavy atom. The zero-order chi connectivity index (χ0) is 21.8. The molecule has 1 aliphatic heterocycles. The maximum Gasteiger partial charge on any atom is 0.257 e. The largest absolute Gasteiger partial charge is 0.336 e. The van der Waals surface area contributed by atoms with Crippen molar-refractivity contribution < 1.29 is 4.79 Å². The van der Waals surface area contributed by atoms with Crippen LogP contribution in [-0.4, -0.2) is 57.7 Å². The SMILES string of the molecule is CC(C)C(C#N)N1CCN(C(=O)c2cn(-c3ccccc3)nc2-c2ccccc2)CC1. The molecule has 0 radical (unpaired) electrons. The molecule has 1 aromatic heterocycles. The lowest BCUT2D eigenvalue weighted by Crippen LogP contribution is -2.52. The highest BCUT2D eigenvalue weighted by Crippen LogP contribution is 2.25. The zero-order valence-corrected chi connectivity index (χ0v) is 18.0. The van der Waals surface area contributed by atoms with Crippen molar-refractivity contribution in [2.24, 2.45) is 5.92 Å². The molecule has 1 saturated heterocycles. The van der Waals surface area contributed by atoms with Crippen molar-refractivity contribution in [3.05, 3.63) is 72.4 Å². The highest BCUT2D eigenvalue weighted by atomic mass is 16.2. The van der Waals surface area contributed by atoms with Gasteiger partial charge < -0.3 is 4.90 Å². The highest BCUT2D eigenvalue weighted by molar-refractivity contribution is 6.00. The van der Waals surface area contributed by atoms with E-state index in [9.17, 15) is 10.1 Å². The minimum atomic E-state index is -0.113. The van der Waals surface area contributed by atoms with E-state index in [0.717, 1.165) is 11.3 Å². The quantitative estimate of drug-likeness (QED) is 0.637. The lowest BCUT2D eigenvalue weighted by atomic mass is 10.0. The molecule has 0 bridgehead atoms. The van der Waals surface area contributed by atoms with Crippen LogP contribution in [0.2, 0.25) is 0 Å². The summed E-state index contributed by atoms with van der Waals surface area (Å²) >= 11 is 0. The normalized spacial score (nSPS) is 15.6. The number of nitriles is 1. The molecule has 158 valence electrons. The molecule has 0 spiro atoms. The first-order chi connectivity index (χ1) is 15.1. The fourth-order valence-corrected chi connectivity index (χ4v) is 4.08. The third-order valence-electron chi connectivity index (χ3n) is 5.77. The maximum atomic E-state index is 13.5. The van der Waals surface area contributed by atoms with Crippen molar-refractivity contribution in [3.63, 3.8) is 0 Å². The topological polar surface area (TPSA) is 65.2 Å². The van der Waals surface area contributed by atoms with E-state index in [2.05, 4.69) is 24.8 Å². The Balaban J connectivity index is 1.61. The first kappa shape index (κ1) is 20.8. The van der Waals surface area contributed by atoms with Crippen molar-refractivity contribution in [1.29, 1.82) is 5.26 Å². The average molecular weight is 414 g/mol. The smallest absolute Gasteiger partial charge is 0.257 e. The van der Waals surface area contributed by atoms with Gasteiger partial charge >= 0.3 is 0 Å². The number of aromatic nitrogens is 2. The predicted molar refractivity (Wildman–Crippen MR) is 121 cm³/mol. The Labute approximate surface area is 183 Å². The Hall–Kier alpha value is -3.43. The molecule has 2 aromatic carbocycles. The fraction of sp³-hybridized carbons (Fsp3) is 0.320. The minimum Gasteiger partial charge on any atom is -0.336 e. The number of benzene rings is 2. The third-order valence-corrected chi connectivity index (χ3v) is 5.77. The molecule has 0 saturated carbocycles. The standard InChI is InChI=1S/C25H27N5O/c1-19(2)23(17-26)28-13-15-29(16-14-28)25(31)22-18-30(21-11-7-4-8-12-21)27-24(22)20-9-5-3-6-10-20/h3-12,18-19,23H,13-16H2,1-2H3. The summed E-state index contributed by atoms with van der Waals surface area (Å²) in [6.45, 7) is 6.75. The van der Waals surface area contributed by atoms with Gasteiger partial charge in [-0.1, -0.05) is 62.4 Å². The van der Waals surface area contributed by atoms with Crippen LogP contribution < -0.4 is 0 Å². The molecule has 1 aliphatic rings. The van der Waals surface area contributed by atoms with Crippen LogP contribution in [-0.2, 0) is 0 Å². The van der Waals surface area contributed by atoms with E-state index in [1.165, 1.54) is 0 Å². The summed E-state index contributed by atoms with van der Waals surface area (Å²) in [4.78, 5) is 17.6. The summed E-state index contributed by atoms with van der Waals surface area (Å²) in [5, 5.41) is 14.3. The molecule has 3 aromatic rings. The van der Waals surface area contributed by atoms with E-state index in [4.69, 9.17) is 5.10 Å². The first-order valence-electron chi connectivity index (χ1n) is 10.7. The third kappa shape index (κ3) is 4.37. The summed E-state index contributed by atoms with van der Waals surface area (Å²) in [6.07, 6.45) is 1.83. The molecular weight excluding hydrogens is 386 g/mol. The van der Waals surface area contributed by atoms with Crippen molar-refractivity contribution in [1.82, 2.24) is 19.6 Å². The van der Waals surface area contributed by atoms with Gasteiger partial charge in [-0.2, -0.15) is 10.4 Å². The molecule has 0 aliphatic carbocycles. The molecule has 1 unspecified atom stereocenters. The highest BCUT2D eigenvalue weighted by Gasteiger charge is 2.30. The average Bonchev–Trinajstić information content (AvgIpc) is 3.26. The Kier molecular flexibility index (Phi) is 6.15. The second-order valence-corrected chi connectivity index (χ2v) is 8.18. The number of piperazine rings is 1. The molecular formula is C25H27N5O. The Morgan fingerprint density at radius 3 is 2.16 bits per heavy atom. The molecule has 6 nitrogen and oxygen atoms in total. The molecule has 2 heterocycles. The van der Waals surface area contributed by atoms with Gasteiger partial charge in [0.25, 0.3) is 5.91 Å². The van der Waals surface area contributed by atoms with Gasteiger partial charge in [0, 0.05) is 37.9 Å². The molecule has 1 amide bonds. The van der Waals surface area contributed by atoms with Gasteiger partial charge in [0.05, 0.1) is 17.3 Å². The van der Waals surface area contributed by atoms with E-state index in [1.54, 1.807) is 4.68 Å². The van der Waals surface area contributed by atoms with Crippen molar-refractivity contribution in [3.8, 4) is 23.0 Å². The van der Waals surface area contributed by atoms with Gasteiger partial charge in [0.1, 0.15) is 11.7 Å². The number of carbonyl (C=O) groups is 1. The van der Waals surface area contributed by atoms with Gasteiger partial charge in [-0.15, -0.1) is 0 Å². The van der Waals surface area contributed by atoms with E-state index in [-0.39, 0.29) is 17.9 Å². The number of para-hydroxylation sites is 1. The summed E-state index contributed by atoms with van der Waals surface area (Å²) in [5.74, 6) is 0.250. The van der Waals surface area contributed by atoms with Crippen molar-refractivity contribution in [2.45, 2.75) is 19.9 Å². The van der Waals surface area contributed by atoms with Gasteiger partial charge in [-0.3, -0.25) is 9.69 Å². The summed E-state index contributed by atoms with van der Waals surface area (Å²) < 4.78 is 1.77. The number of amides is 1. The Morgan fingerprint density at radius 1 is 0.968 bits per heavy atom. The second-order valence-electron chi connectivity index (χ2n) is 8.18. The van der Waals surface area contributed by atoms with Crippen LogP contribution in [0.1, 0.15) is 24.2 Å². The lowest BCUT2D eigenvalue weighted by molar-refractivity contribution is 0.0577. The minimum absolute atomic E-state index is 0.0151. The van der Waals surface area contributed by atoms with Gasteiger partial charge in [-0.05, 0) is 18.1 Å². The van der Waals surface area contributed by atoms with Gasteiger partial charge in [-0.25, -0.2) is 4.68 Å². The van der Waals surface area contributed by atoms with Gasteiger partial charge in [0.15, 0.2) is 0 Å². The number of nitrogens with zero attached hydrogens (tertiary/aromatic N) is 5. The fourth-order valence-electron chi connectivity index (χ4n) is 4.08. The van der Waals surface area contributed by atoms with Crippen molar-refractivity contribution >= 4 is 5.91 Å². The predicted octanol–water partition coefficient (Wildman–Crippen LogP) is 3.85. The summed E-state index contributed by atoms with van der Waals surface area (Å²) in [6, 6.07) is 21.9. The summed E-state index contributed by atoms with van der Waals surface area (Å²) in [5.41, 5.74) is 3.12. The maximum absolute atomic E-state index is 13.5. The number of carbonyl (C=O) groups excluding carboxylic acids is 1. The molecule has 31 heavy (non-hydrogen) atoms. The number of hydrogen-bond donors (Lipinski definition) is 0. The van der Waals surface area contributed by atoms with E-state index in [0.29, 0.717) is 37.4 Å². The molecule has 0 N–H and O–H groups in total. The number of rotatable bonds is 5. The molecule has 1 atom stereocenters. The zero-order valence-electron chi connectivity index (χ0n) is 18.0. The summed E-state index contributed by atoms with van der Waals surface area (Å²) in [7, 11) is 0. The van der Waals surface area contributed by atoms with Crippen LogP contribution in [0.3, 0.4) is 0 Å². The van der Waals surface area contributed by atoms with Crippen molar-refractivity contribution in [2.75, 3.05) is 26.2 Å². The van der Waals surface area contributed by atoms with Gasteiger partial charge in [0.2, 0.25) is 0 Å². The first-order valence-corrected chi connectivity index (χ1v) is 10.7. The van der Waals surface area contributed by atoms with Crippen LogP contribution in [0.15, 0.2) is 66.9 Å². The molecule has 1 fully saturated rings. The van der Waals surface area contributed by atoms with Crippen LogP contribution in [0.25, 0.3) is 16.9 Å².